The third kappa shape index (κ3) is 3.64. The minimum atomic E-state index is -0.643. The van der Waals surface area contributed by atoms with Crippen LogP contribution in [-0.4, -0.2) is 64.8 Å². The van der Waals surface area contributed by atoms with Crippen molar-refractivity contribution in [3.8, 4) is 17.1 Å². The molecular formula is C23H28FN5O3. The first-order valence-electron chi connectivity index (χ1n) is 11.1. The van der Waals surface area contributed by atoms with Gasteiger partial charge in [-0.1, -0.05) is 6.07 Å². The first-order valence-corrected chi connectivity index (χ1v) is 11.1. The van der Waals surface area contributed by atoms with Crippen molar-refractivity contribution < 1.29 is 18.7 Å². The average Bonchev–Trinajstić information content (AvgIpc) is 3.05. The summed E-state index contributed by atoms with van der Waals surface area (Å²) >= 11 is 0. The predicted molar refractivity (Wildman–Crippen MR) is 118 cm³/mol. The number of anilines is 2. The normalized spacial score (nSPS) is 24.2. The van der Waals surface area contributed by atoms with E-state index in [0.717, 1.165) is 12.8 Å². The van der Waals surface area contributed by atoms with E-state index >= 15 is 0 Å². The first kappa shape index (κ1) is 20.9. The number of nitrogens with zero attached hydrogens (tertiary/aromatic N) is 4. The highest BCUT2D eigenvalue weighted by Gasteiger charge is 2.39. The lowest BCUT2D eigenvalue weighted by molar-refractivity contribution is 0.0297. The molecule has 9 heteroatoms. The molecule has 3 aliphatic heterocycles. The van der Waals surface area contributed by atoms with Gasteiger partial charge in [0.05, 0.1) is 30.1 Å². The molecule has 1 aromatic heterocycles. The van der Waals surface area contributed by atoms with E-state index in [2.05, 4.69) is 4.90 Å². The smallest absolute Gasteiger partial charge is 0.261 e. The monoisotopic (exact) mass is 441 g/mol. The van der Waals surface area contributed by atoms with Crippen molar-refractivity contribution >= 4 is 17.5 Å². The van der Waals surface area contributed by atoms with Gasteiger partial charge in [-0.05, 0) is 45.7 Å². The number of fused-ring (bicyclic) bond motifs is 3. The number of halogens is 1. The van der Waals surface area contributed by atoms with Crippen LogP contribution in [0.25, 0.3) is 11.3 Å². The number of hydrogen-bond donors (Lipinski definition) is 1. The summed E-state index contributed by atoms with van der Waals surface area (Å²) in [6, 6.07) is 4.47. The van der Waals surface area contributed by atoms with Crippen molar-refractivity contribution in [2.24, 2.45) is 0 Å². The maximum absolute atomic E-state index is 14.4. The van der Waals surface area contributed by atoms with Crippen molar-refractivity contribution in [1.82, 2.24) is 14.9 Å². The summed E-state index contributed by atoms with van der Waals surface area (Å²) in [6.07, 6.45) is 2.30. The van der Waals surface area contributed by atoms with Crippen LogP contribution in [0.3, 0.4) is 0 Å². The number of nitrogens with two attached hydrogens (primary N) is 1. The molecular weight excluding hydrogens is 413 g/mol. The van der Waals surface area contributed by atoms with E-state index in [1.807, 2.05) is 20.8 Å². The average molecular weight is 442 g/mol. The Bertz CT molecular complexity index is 1060. The highest BCUT2D eigenvalue weighted by molar-refractivity contribution is 6.02. The van der Waals surface area contributed by atoms with Gasteiger partial charge < -0.3 is 25.0 Å². The fraction of sp³-hybridized carbons (Fsp3) is 0.522. The van der Waals surface area contributed by atoms with Gasteiger partial charge in [0.25, 0.3) is 5.91 Å². The second-order valence-electron chi connectivity index (χ2n) is 9.33. The van der Waals surface area contributed by atoms with Gasteiger partial charge in [0.2, 0.25) is 11.8 Å². The molecule has 0 radical (unpaired) electrons. The summed E-state index contributed by atoms with van der Waals surface area (Å²) in [7, 11) is 0. The molecule has 5 rings (SSSR count). The highest BCUT2D eigenvalue weighted by Crippen LogP contribution is 2.37. The molecule has 2 aromatic rings. The zero-order valence-corrected chi connectivity index (χ0v) is 18.6. The van der Waals surface area contributed by atoms with Gasteiger partial charge in [-0.3, -0.25) is 4.79 Å². The van der Waals surface area contributed by atoms with Crippen LogP contribution in [0, 0.1) is 5.82 Å². The summed E-state index contributed by atoms with van der Waals surface area (Å²) in [5.74, 6) is -0.0962. The van der Waals surface area contributed by atoms with Crippen molar-refractivity contribution in [3.05, 3.63) is 29.6 Å². The van der Waals surface area contributed by atoms with Gasteiger partial charge >= 0.3 is 0 Å². The molecule has 2 fully saturated rings. The van der Waals surface area contributed by atoms with Crippen LogP contribution < -0.4 is 15.4 Å². The summed E-state index contributed by atoms with van der Waals surface area (Å²) in [4.78, 5) is 26.8. The maximum Gasteiger partial charge on any atom is 0.261 e. The number of rotatable bonds is 3. The van der Waals surface area contributed by atoms with Crippen LogP contribution in [0.5, 0.6) is 5.88 Å². The van der Waals surface area contributed by atoms with E-state index in [1.54, 1.807) is 11.0 Å². The summed E-state index contributed by atoms with van der Waals surface area (Å²) in [5, 5.41) is 0. The number of hydrogen-bond acceptors (Lipinski definition) is 7. The van der Waals surface area contributed by atoms with Crippen molar-refractivity contribution in [2.45, 2.75) is 51.4 Å². The second-order valence-corrected chi connectivity index (χ2v) is 9.33. The first-order chi connectivity index (χ1) is 15.2. The van der Waals surface area contributed by atoms with Crippen LogP contribution >= 0.6 is 0 Å². The molecule has 0 aliphatic carbocycles. The molecule has 4 heterocycles. The number of nitrogen functional groups attached to an aromatic ring is 1. The third-order valence-electron chi connectivity index (χ3n) is 6.29. The lowest BCUT2D eigenvalue weighted by Crippen LogP contribution is -2.43. The Labute approximate surface area is 186 Å². The number of ether oxygens (including phenoxy) is 2. The van der Waals surface area contributed by atoms with E-state index in [0.29, 0.717) is 43.4 Å². The van der Waals surface area contributed by atoms with Crippen molar-refractivity contribution in [1.29, 1.82) is 0 Å². The molecule has 1 amide bonds. The van der Waals surface area contributed by atoms with Gasteiger partial charge in [0.15, 0.2) is 0 Å². The number of aromatic nitrogens is 2. The Morgan fingerprint density at radius 1 is 1.22 bits per heavy atom. The lowest BCUT2D eigenvalue weighted by atomic mass is 10.0. The van der Waals surface area contributed by atoms with Crippen LogP contribution in [0.1, 0.15) is 44.0 Å². The quantitative estimate of drug-likeness (QED) is 0.732. The lowest BCUT2D eigenvalue weighted by Gasteiger charge is -2.33. The Kier molecular flexibility index (Phi) is 4.96. The fourth-order valence-electron chi connectivity index (χ4n) is 4.74. The second kappa shape index (κ2) is 7.58. The summed E-state index contributed by atoms with van der Waals surface area (Å²) < 4.78 is 26.6. The van der Waals surface area contributed by atoms with E-state index in [-0.39, 0.29) is 35.2 Å². The maximum atomic E-state index is 14.4. The molecule has 8 nitrogen and oxygen atoms in total. The summed E-state index contributed by atoms with van der Waals surface area (Å²) in [5.41, 5.74) is 6.15. The van der Waals surface area contributed by atoms with E-state index < -0.39 is 11.4 Å². The zero-order valence-electron chi connectivity index (χ0n) is 18.6. The van der Waals surface area contributed by atoms with E-state index in [9.17, 15) is 9.18 Å². The van der Waals surface area contributed by atoms with Crippen LogP contribution in [0.4, 0.5) is 16.0 Å². The van der Waals surface area contributed by atoms with Gasteiger partial charge in [-0.15, -0.1) is 0 Å². The SMILES string of the molecule is CCN1CC(C)(C)Oc2nc(N3CC4CCC(C3)O4)nc(-c3ccc(N)c(F)c3)c2C1=O. The van der Waals surface area contributed by atoms with Gasteiger partial charge in [0.1, 0.15) is 17.0 Å². The molecule has 1 aromatic carbocycles. The molecule has 0 spiro atoms. The molecule has 3 aliphatic rings. The highest BCUT2D eigenvalue weighted by atomic mass is 19.1. The number of benzene rings is 1. The summed E-state index contributed by atoms with van der Waals surface area (Å²) in [6.45, 7) is 8.03. The molecule has 170 valence electrons. The molecule has 2 bridgehead atoms. The molecule has 2 unspecified atom stereocenters. The minimum absolute atomic E-state index is 0.0396. The molecule has 0 saturated carbocycles. The van der Waals surface area contributed by atoms with Crippen LogP contribution in [0.15, 0.2) is 18.2 Å². The largest absolute Gasteiger partial charge is 0.469 e. The van der Waals surface area contributed by atoms with Gasteiger partial charge in [-0.2, -0.15) is 4.98 Å². The number of morpholine rings is 1. The molecule has 2 atom stereocenters. The third-order valence-corrected chi connectivity index (χ3v) is 6.29. The minimum Gasteiger partial charge on any atom is -0.469 e. The van der Waals surface area contributed by atoms with Crippen LogP contribution in [-0.2, 0) is 4.74 Å². The Hall–Kier alpha value is -2.94. The van der Waals surface area contributed by atoms with Gasteiger partial charge in [0, 0.05) is 25.2 Å². The predicted octanol–water partition coefficient (Wildman–Crippen LogP) is 2.87. The number of carbonyl (C=O) groups excluding carboxylic acids is 1. The Balaban J connectivity index is 1.69. The van der Waals surface area contributed by atoms with E-state index in [1.165, 1.54) is 12.1 Å². The Morgan fingerprint density at radius 3 is 2.59 bits per heavy atom. The number of likely N-dealkylation sites (N-methyl/N-ethyl adjacent to an activating group) is 1. The standard InChI is InChI=1S/C23H28FN5O3/c1-4-28-12-23(2,3)32-20-18(21(28)30)19(13-5-8-17(25)16(24)9-13)26-22(27-20)29-10-14-6-7-15(11-29)31-14/h5,8-9,14-15H,4,6-7,10-12,25H2,1-3H3. The topological polar surface area (TPSA) is 93.8 Å². The fourth-order valence-corrected chi connectivity index (χ4v) is 4.74. The van der Waals surface area contributed by atoms with Crippen molar-refractivity contribution in [3.63, 3.8) is 0 Å². The Morgan fingerprint density at radius 2 is 1.94 bits per heavy atom. The van der Waals surface area contributed by atoms with Gasteiger partial charge in [-0.25, -0.2) is 9.37 Å². The number of amides is 1. The van der Waals surface area contributed by atoms with Crippen LogP contribution in [0.2, 0.25) is 0 Å². The molecule has 2 saturated heterocycles. The van der Waals surface area contributed by atoms with Crippen molar-refractivity contribution in [2.75, 3.05) is 36.8 Å². The van der Waals surface area contributed by atoms with E-state index in [4.69, 9.17) is 25.2 Å². The molecule has 32 heavy (non-hydrogen) atoms. The molecule has 2 N–H and O–H groups in total. The number of carbonyl (C=O) groups is 1. The zero-order chi connectivity index (χ0) is 22.6.